The number of nitrogens with one attached hydrogen (secondary N) is 2. The first kappa shape index (κ1) is 22.5. The Morgan fingerprint density at radius 2 is 2.07 bits per heavy atom. The first-order chi connectivity index (χ1) is 14.3. The Morgan fingerprint density at radius 1 is 1.20 bits per heavy atom. The zero-order chi connectivity index (χ0) is 20.1. The summed E-state index contributed by atoms with van der Waals surface area (Å²) in [5.74, 6) is 3.22. The lowest BCUT2D eigenvalue weighted by Crippen LogP contribution is -2.46. The molecule has 0 amide bonds. The molecule has 0 aromatic heterocycles. The number of methoxy groups -OCH3 is 1. The van der Waals surface area contributed by atoms with E-state index in [1.165, 1.54) is 11.3 Å². The van der Waals surface area contributed by atoms with E-state index in [0.29, 0.717) is 12.0 Å². The van der Waals surface area contributed by atoms with Crippen LogP contribution in [0.2, 0.25) is 0 Å². The highest BCUT2D eigenvalue weighted by molar-refractivity contribution is 14.0. The van der Waals surface area contributed by atoms with E-state index in [4.69, 9.17) is 9.47 Å². The molecule has 4 rings (SSSR count). The number of ether oxygens (including phenoxy) is 2. The van der Waals surface area contributed by atoms with Crippen molar-refractivity contribution in [1.29, 1.82) is 0 Å². The molecule has 2 N–H and O–H groups in total. The lowest BCUT2D eigenvalue weighted by atomic mass is 9.93. The van der Waals surface area contributed by atoms with Crippen molar-refractivity contribution in [2.75, 3.05) is 45.3 Å². The topological polar surface area (TPSA) is 58.1 Å². The van der Waals surface area contributed by atoms with Gasteiger partial charge in [0.15, 0.2) is 5.96 Å². The summed E-state index contributed by atoms with van der Waals surface area (Å²) in [6.45, 7) is 3.60. The Balaban J connectivity index is 0.00000256. The monoisotopic (exact) mass is 522 g/mol. The summed E-state index contributed by atoms with van der Waals surface area (Å²) in [5.41, 5.74) is 2.49. The number of benzene rings is 2. The second kappa shape index (κ2) is 10.7. The van der Waals surface area contributed by atoms with Gasteiger partial charge in [0.2, 0.25) is 0 Å². The maximum absolute atomic E-state index is 5.78. The minimum absolute atomic E-state index is 0. The van der Waals surface area contributed by atoms with Gasteiger partial charge in [-0.25, -0.2) is 0 Å². The maximum Gasteiger partial charge on any atom is 0.191 e. The van der Waals surface area contributed by atoms with Crippen LogP contribution in [0.4, 0.5) is 5.69 Å². The Labute approximate surface area is 196 Å². The molecule has 1 fully saturated rings. The van der Waals surface area contributed by atoms with Crippen molar-refractivity contribution in [3.8, 4) is 11.5 Å². The molecule has 0 bridgehead atoms. The molecule has 2 aliphatic heterocycles. The number of halogens is 1. The second-order valence-electron chi connectivity index (χ2n) is 7.60. The van der Waals surface area contributed by atoms with Gasteiger partial charge in [-0.15, -0.1) is 24.0 Å². The number of hydrogen-bond donors (Lipinski definition) is 2. The molecule has 7 heteroatoms. The van der Waals surface area contributed by atoms with Gasteiger partial charge < -0.3 is 25.0 Å². The van der Waals surface area contributed by atoms with Gasteiger partial charge in [-0.3, -0.25) is 4.99 Å². The number of guanidine groups is 1. The molecule has 30 heavy (non-hydrogen) atoms. The van der Waals surface area contributed by atoms with Crippen molar-refractivity contribution < 1.29 is 9.47 Å². The van der Waals surface area contributed by atoms with Gasteiger partial charge in [0.25, 0.3) is 0 Å². The van der Waals surface area contributed by atoms with Gasteiger partial charge >= 0.3 is 0 Å². The van der Waals surface area contributed by atoms with E-state index in [2.05, 4.69) is 50.9 Å². The smallest absolute Gasteiger partial charge is 0.191 e. The summed E-state index contributed by atoms with van der Waals surface area (Å²) in [6, 6.07) is 17.0. The lowest BCUT2D eigenvalue weighted by molar-refractivity contribution is 0.267. The summed E-state index contributed by atoms with van der Waals surface area (Å²) in [7, 11) is 3.54. The minimum Gasteiger partial charge on any atom is -0.497 e. The molecule has 6 nitrogen and oxygen atoms in total. The first-order valence-electron chi connectivity index (χ1n) is 10.3. The van der Waals surface area contributed by atoms with Crippen molar-refractivity contribution in [3.63, 3.8) is 0 Å². The number of aliphatic imine (C=N–C) groups is 1. The third-order valence-electron chi connectivity index (χ3n) is 5.77. The number of nitrogens with zero attached hydrogens (tertiary/aromatic N) is 2. The van der Waals surface area contributed by atoms with E-state index in [9.17, 15) is 0 Å². The fourth-order valence-electron chi connectivity index (χ4n) is 4.16. The van der Waals surface area contributed by atoms with Crippen molar-refractivity contribution in [2.45, 2.75) is 24.8 Å². The van der Waals surface area contributed by atoms with Gasteiger partial charge in [0, 0.05) is 50.4 Å². The van der Waals surface area contributed by atoms with Crippen LogP contribution in [0.15, 0.2) is 53.5 Å². The van der Waals surface area contributed by atoms with Gasteiger partial charge in [0.1, 0.15) is 11.5 Å². The van der Waals surface area contributed by atoms with Crippen LogP contribution in [0.1, 0.15) is 24.3 Å². The quantitative estimate of drug-likeness (QED) is 0.357. The molecule has 0 radical (unpaired) electrons. The highest BCUT2D eigenvalue weighted by Crippen LogP contribution is 2.32. The summed E-state index contributed by atoms with van der Waals surface area (Å²) >= 11 is 0. The van der Waals surface area contributed by atoms with E-state index in [1.807, 2.05) is 25.2 Å². The molecule has 0 aliphatic carbocycles. The maximum atomic E-state index is 5.78. The standard InChI is InChI=1S/C23H30N4O2.HI/c1-24-23(25-15-17-11-13-29-22-9-4-3-8-21(17)22)26-18-10-12-27(16-18)19-6-5-7-20(14-19)28-2;/h3-9,14,17-18H,10-13,15-16H2,1-2H3,(H2,24,25,26);1H. The van der Waals surface area contributed by atoms with E-state index in [1.54, 1.807) is 7.11 Å². The molecule has 2 aromatic carbocycles. The largest absolute Gasteiger partial charge is 0.497 e. The Kier molecular flexibility index (Phi) is 8.07. The molecule has 2 aliphatic rings. The van der Waals surface area contributed by atoms with Gasteiger partial charge in [-0.2, -0.15) is 0 Å². The molecular weight excluding hydrogens is 491 g/mol. The van der Waals surface area contributed by atoms with Crippen LogP contribution in [0.3, 0.4) is 0 Å². The van der Waals surface area contributed by atoms with Gasteiger partial charge in [-0.05, 0) is 36.6 Å². The first-order valence-corrected chi connectivity index (χ1v) is 10.3. The molecule has 2 unspecified atom stereocenters. The van der Waals surface area contributed by atoms with Crippen molar-refractivity contribution in [1.82, 2.24) is 10.6 Å². The van der Waals surface area contributed by atoms with Crippen LogP contribution in [0.25, 0.3) is 0 Å². The van der Waals surface area contributed by atoms with E-state index < -0.39 is 0 Å². The average Bonchev–Trinajstić information content (AvgIpc) is 3.25. The summed E-state index contributed by atoms with van der Waals surface area (Å²) in [6.07, 6.45) is 2.10. The molecule has 0 saturated carbocycles. The predicted molar refractivity (Wildman–Crippen MR) is 133 cm³/mol. The zero-order valence-corrected chi connectivity index (χ0v) is 20.0. The third-order valence-corrected chi connectivity index (χ3v) is 5.77. The average molecular weight is 522 g/mol. The highest BCUT2D eigenvalue weighted by atomic mass is 127. The summed E-state index contributed by atoms with van der Waals surface area (Å²) < 4.78 is 11.1. The minimum atomic E-state index is 0. The van der Waals surface area contributed by atoms with Crippen LogP contribution in [-0.4, -0.2) is 52.4 Å². The number of fused-ring (bicyclic) bond motifs is 1. The lowest BCUT2D eigenvalue weighted by Gasteiger charge is -2.27. The molecule has 1 saturated heterocycles. The predicted octanol–water partition coefficient (Wildman–Crippen LogP) is 3.62. The molecule has 2 aromatic rings. The number of rotatable bonds is 5. The van der Waals surface area contributed by atoms with Crippen molar-refractivity contribution >= 4 is 35.6 Å². The summed E-state index contributed by atoms with van der Waals surface area (Å²) in [4.78, 5) is 6.83. The molecular formula is C23H31IN4O2. The van der Waals surface area contributed by atoms with Crippen molar-refractivity contribution in [2.24, 2.45) is 4.99 Å². The van der Waals surface area contributed by atoms with Crippen LogP contribution >= 0.6 is 24.0 Å². The van der Waals surface area contributed by atoms with Crippen LogP contribution in [0.5, 0.6) is 11.5 Å². The normalized spacial score (nSPS) is 20.6. The van der Waals surface area contributed by atoms with Crippen LogP contribution in [-0.2, 0) is 0 Å². The van der Waals surface area contributed by atoms with Crippen LogP contribution in [0, 0.1) is 0 Å². The number of hydrogen-bond acceptors (Lipinski definition) is 4. The SMILES string of the molecule is CN=C(NCC1CCOc2ccccc21)NC1CCN(c2cccc(OC)c2)C1.I. The van der Waals surface area contributed by atoms with E-state index in [0.717, 1.165) is 56.5 Å². The van der Waals surface area contributed by atoms with Gasteiger partial charge in [0.05, 0.1) is 13.7 Å². The summed E-state index contributed by atoms with van der Waals surface area (Å²) in [5, 5.41) is 7.12. The Hall–Kier alpha value is -2.16. The fraction of sp³-hybridized carbons (Fsp3) is 0.435. The number of para-hydroxylation sites is 1. The van der Waals surface area contributed by atoms with E-state index in [-0.39, 0.29) is 24.0 Å². The zero-order valence-electron chi connectivity index (χ0n) is 17.6. The van der Waals surface area contributed by atoms with Crippen molar-refractivity contribution in [3.05, 3.63) is 54.1 Å². The second-order valence-corrected chi connectivity index (χ2v) is 7.60. The number of anilines is 1. The molecule has 2 heterocycles. The third kappa shape index (κ3) is 5.30. The molecule has 162 valence electrons. The molecule has 2 atom stereocenters. The molecule has 0 spiro atoms. The highest BCUT2D eigenvalue weighted by Gasteiger charge is 2.25. The fourth-order valence-corrected chi connectivity index (χ4v) is 4.16. The van der Waals surface area contributed by atoms with Gasteiger partial charge in [-0.1, -0.05) is 24.3 Å². The van der Waals surface area contributed by atoms with Crippen LogP contribution < -0.4 is 25.0 Å². The Morgan fingerprint density at radius 3 is 2.90 bits per heavy atom. The Bertz CT molecular complexity index is 861. The van der Waals surface area contributed by atoms with E-state index >= 15 is 0 Å².